The van der Waals surface area contributed by atoms with Crippen molar-refractivity contribution in [3.05, 3.63) is 43.0 Å². The highest BCUT2D eigenvalue weighted by Crippen LogP contribution is 2.20. The van der Waals surface area contributed by atoms with Crippen molar-refractivity contribution < 1.29 is 8.42 Å². The van der Waals surface area contributed by atoms with E-state index in [4.69, 9.17) is 5.73 Å². The van der Waals surface area contributed by atoms with Gasteiger partial charge in [0, 0.05) is 16.3 Å². The number of anilines is 2. The van der Waals surface area contributed by atoms with Crippen molar-refractivity contribution in [3.63, 3.8) is 0 Å². The van der Waals surface area contributed by atoms with Crippen LogP contribution < -0.4 is 10.5 Å². The third-order valence-electron chi connectivity index (χ3n) is 2.31. The van der Waals surface area contributed by atoms with Crippen molar-refractivity contribution in [2.45, 2.75) is 4.90 Å². The minimum Gasteiger partial charge on any atom is -0.399 e. The molecule has 20 heavy (non-hydrogen) atoms. The third-order valence-corrected chi connectivity index (χ3v) is 4.86. The van der Waals surface area contributed by atoms with Crippen LogP contribution in [0.1, 0.15) is 0 Å². The lowest BCUT2D eigenvalue weighted by Crippen LogP contribution is -2.18. The predicted molar refractivity (Wildman–Crippen MR) is 81.0 cm³/mol. The fraction of sp³-hybridized carbons (Fsp3) is 0.167. The Morgan fingerprint density at radius 2 is 2.00 bits per heavy atom. The van der Waals surface area contributed by atoms with Crippen molar-refractivity contribution in [3.8, 4) is 0 Å². The van der Waals surface area contributed by atoms with E-state index in [1.807, 2.05) is 18.2 Å². The van der Waals surface area contributed by atoms with Crippen LogP contribution in [0.25, 0.3) is 0 Å². The summed E-state index contributed by atoms with van der Waals surface area (Å²) in [7, 11) is -3.40. The summed E-state index contributed by atoms with van der Waals surface area (Å²) in [6, 6.07) is 7.34. The van der Waals surface area contributed by atoms with E-state index < -0.39 is 10.0 Å². The molecule has 2 rings (SSSR count). The number of nitrogens with one attached hydrogen (secondary N) is 1. The summed E-state index contributed by atoms with van der Waals surface area (Å²) in [5.74, 6) is 0.438. The monoisotopic (exact) mass is 310 g/mol. The molecule has 2 aromatic rings. The van der Waals surface area contributed by atoms with E-state index in [9.17, 15) is 8.42 Å². The number of benzene rings is 1. The quantitative estimate of drug-likeness (QED) is 0.621. The molecule has 0 aliphatic carbocycles. The topological polar surface area (TPSA) is 98.0 Å². The number of sulfonamides is 1. The van der Waals surface area contributed by atoms with Crippen molar-refractivity contribution in [2.75, 3.05) is 22.0 Å². The first-order valence-corrected chi connectivity index (χ1v) is 8.43. The number of rotatable bonds is 6. The van der Waals surface area contributed by atoms with E-state index in [2.05, 4.69) is 14.7 Å². The smallest absolute Gasteiger partial charge is 0.233 e. The Bertz CT molecular complexity index is 662. The molecule has 0 spiro atoms. The van der Waals surface area contributed by atoms with Crippen LogP contribution in [-0.2, 0) is 10.0 Å². The second-order valence-electron chi connectivity index (χ2n) is 3.97. The van der Waals surface area contributed by atoms with Gasteiger partial charge in [0.2, 0.25) is 10.0 Å². The van der Waals surface area contributed by atoms with Crippen molar-refractivity contribution in [1.82, 2.24) is 9.97 Å². The molecular formula is C12H14N4O2S2. The molecule has 3 N–H and O–H groups in total. The van der Waals surface area contributed by atoms with Crippen LogP contribution in [0.5, 0.6) is 0 Å². The molecule has 0 aliphatic rings. The molecule has 0 atom stereocenters. The summed E-state index contributed by atoms with van der Waals surface area (Å²) in [6.45, 7) is 0. The van der Waals surface area contributed by atoms with Gasteiger partial charge >= 0.3 is 0 Å². The Morgan fingerprint density at radius 3 is 2.70 bits per heavy atom. The highest BCUT2D eigenvalue weighted by atomic mass is 32.2. The largest absolute Gasteiger partial charge is 0.399 e. The summed E-state index contributed by atoms with van der Waals surface area (Å²) < 4.78 is 26.1. The fourth-order valence-electron chi connectivity index (χ4n) is 1.46. The lowest BCUT2D eigenvalue weighted by atomic mass is 10.3. The first-order chi connectivity index (χ1) is 9.55. The molecule has 8 heteroatoms. The molecule has 0 saturated heterocycles. The lowest BCUT2D eigenvalue weighted by Gasteiger charge is -2.07. The number of nitrogens with two attached hydrogens (primary N) is 1. The summed E-state index contributed by atoms with van der Waals surface area (Å²) in [5.41, 5.74) is 6.69. The zero-order valence-electron chi connectivity index (χ0n) is 10.6. The summed E-state index contributed by atoms with van der Waals surface area (Å²) in [6.07, 6.45) is 4.17. The van der Waals surface area contributed by atoms with Gasteiger partial charge in [0.15, 0.2) is 0 Å². The fourth-order valence-corrected chi connectivity index (χ4v) is 3.86. The molecule has 0 unspecified atom stereocenters. The van der Waals surface area contributed by atoms with E-state index >= 15 is 0 Å². The van der Waals surface area contributed by atoms with Crippen LogP contribution in [0.4, 0.5) is 11.4 Å². The number of aromatic nitrogens is 2. The third kappa shape index (κ3) is 4.71. The Labute approximate surface area is 121 Å². The van der Waals surface area contributed by atoms with Crippen LogP contribution in [0.15, 0.2) is 47.9 Å². The average molecular weight is 310 g/mol. The SMILES string of the molecule is Nc1cccc(SCCS(=O)(=O)Nc2cncnc2)c1. The number of hydrogen-bond donors (Lipinski definition) is 2. The van der Waals surface area contributed by atoms with Crippen molar-refractivity contribution in [1.29, 1.82) is 0 Å². The Kier molecular flexibility index (Phi) is 4.80. The highest BCUT2D eigenvalue weighted by Gasteiger charge is 2.10. The number of hydrogen-bond acceptors (Lipinski definition) is 6. The molecule has 106 valence electrons. The highest BCUT2D eigenvalue weighted by molar-refractivity contribution is 8.01. The van der Waals surface area contributed by atoms with Gasteiger partial charge < -0.3 is 5.73 Å². The van der Waals surface area contributed by atoms with Crippen molar-refractivity contribution >= 4 is 33.2 Å². The van der Waals surface area contributed by atoms with Gasteiger partial charge in [0.25, 0.3) is 0 Å². The van der Waals surface area contributed by atoms with E-state index in [-0.39, 0.29) is 5.75 Å². The van der Waals surface area contributed by atoms with E-state index in [1.165, 1.54) is 30.5 Å². The molecule has 1 aromatic carbocycles. The molecule has 0 fully saturated rings. The molecule has 0 aliphatic heterocycles. The van der Waals surface area contributed by atoms with Gasteiger partial charge in [-0.3, -0.25) is 4.72 Å². The molecule has 0 radical (unpaired) electrons. The van der Waals surface area contributed by atoms with Crippen LogP contribution in [0.2, 0.25) is 0 Å². The van der Waals surface area contributed by atoms with Gasteiger partial charge in [0.05, 0.1) is 23.8 Å². The van der Waals surface area contributed by atoms with Crippen LogP contribution in [-0.4, -0.2) is 29.9 Å². The Balaban J connectivity index is 1.87. The average Bonchev–Trinajstić information content (AvgIpc) is 2.39. The predicted octanol–water partition coefficient (Wildman–Crippen LogP) is 1.59. The van der Waals surface area contributed by atoms with E-state index in [0.29, 0.717) is 17.1 Å². The van der Waals surface area contributed by atoms with E-state index in [0.717, 1.165) is 4.90 Å². The molecule has 6 nitrogen and oxygen atoms in total. The number of nitrogens with zero attached hydrogens (tertiary/aromatic N) is 2. The van der Waals surface area contributed by atoms with Gasteiger partial charge in [-0.05, 0) is 18.2 Å². The minimum absolute atomic E-state index is 0.00135. The van der Waals surface area contributed by atoms with Gasteiger partial charge in [-0.25, -0.2) is 18.4 Å². The van der Waals surface area contributed by atoms with Gasteiger partial charge in [0.1, 0.15) is 6.33 Å². The zero-order chi connectivity index (χ0) is 14.4. The van der Waals surface area contributed by atoms with Crippen molar-refractivity contribution in [2.24, 2.45) is 0 Å². The standard InChI is InChI=1S/C12H14N4O2S2/c13-10-2-1-3-12(6-10)19-4-5-20(17,18)16-11-7-14-9-15-8-11/h1-3,6-9,16H,4-5,13H2. The maximum absolute atomic E-state index is 11.9. The molecular weight excluding hydrogens is 296 g/mol. The zero-order valence-corrected chi connectivity index (χ0v) is 12.2. The Morgan fingerprint density at radius 1 is 1.25 bits per heavy atom. The van der Waals surface area contributed by atoms with Gasteiger partial charge in [-0.15, -0.1) is 11.8 Å². The molecule has 0 bridgehead atoms. The number of thioether (sulfide) groups is 1. The van der Waals surface area contributed by atoms with E-state index in [1.54, 1.807) is 6.07 Å². The molecule has 0 saturated carbocycles. The molecule has 0 amide bonds. The first-order valence-electron chi connectivity index (χ1n) is 5.79. The second kappa shape index (κ2) is 6.58. The van der Waals surface area contributed by atoms with Crippen LogP contribution >= 0.6 is 11.8 Å². The van der Waals surface area contributed by atoms with Gasteiger partial charge in [-0.2, -0.15) is 0 Å². The maximum atomic E-state index is 11.9. The minimum atomic E-state index is -3.40. The number of nitrogen functional groups attached to an aromatic ring is 1. The summed E-state index contributed by atoms with van der Waals surface area (Å²) in [4.78, 5) is 8.45. The Hall–Kier alpha value is -1.80. The maximum Gasteiger partial charge on any atom is 0.233 e. The second-order valence-corrected chi connectivity index (χ2v) is 6.98. The van der Waals surface area contributed by atoms with Crippen LogP contribution in [0, 0.1) is 0 Å². The lowest BCUT2D eigenvalue weighted by molar-refractivity contribution is 0.602. The molecule has 1 aromatic heterocycles. The first kappa shape index (κ1) is 14.6. The molecule has 1 heterocycles. The van der Waals surface area contributed by atoms with Crippen LogP contribution in [0.3, 0.4) is 0 Å². The normalized spacial score (nSPS) is 11.2. The summed E-state index contributed by atoms with van der Waals surface area (Å²) >= 11 is 1.44. The van der Waals surface area contributed by atoms with Gasteiger partial charge in [-0.1, -0.05) is 6.07 Å². The summed E-state index contributed by atoms with van der Waals surface area (Å²) in [5, 5.41) is 0.